The predicted octanol–water partition coefficient (Wildman–Crippen LogP) is -0.582. The van der Waals surface area contributed by atoms with Crippen LogP contribution in [-0.2, 0) is 4.79 Å². The molecule has 0 radical (unpaired) electrons. The van der Waals surface area contributed by atoms with Gasteiger partial charge < -0.3 is 5.32 Å². The Bertz CT molecular complexity index is 275. The van der Waals surface area contributed by atoms with Gasteiger partial charge in [-0.05, 0) is 14.0 Å². The molecule has 1 aromatic heterocycles. The molecule has 0 saturated heterocycles. The van der Waals surface area contributed by atoms with Gasteiger partial charge in [0, 0.05) is 0 Å². The van der Waals surface area contributed by atoms with Gasteiger partial charge in [-0.25, -0.2) is 4.98 Å². The Hall–Kier alpha value is -1.56. The second-order valence-corrected chi connectivity index (χ2v) is 2.47. The summed E-state index contributed by atoms with van der Waals surface area (Å²) >= 11 is 0. The molecule has 1 unspecified atom stereocenters. The summed E-state index contributed by atoms with van der Waals surface area (Å²) < 4.78 is 0. The number of hydrogen-bond donors (Lipinski definition) is 2. The van der Waals surface area contributed by atoms with E-state index in [0.717, 1.165) is 0 Å². The minimum absolute atomic E-state index is 0.185. The number of rotatable bonds is 3. The molecule has 0 saturated carbocycles. The lowest BCUT2D eigenvalue weighted by Crippen LogP contribution is -2.36. The summed E-state index contributed by atoms with van der Waals surface area (Å²) in [5.41, 5.74) is 0. The van der Waals surface area contributed by atoms with E-state index in [2.05, 4.69) is 25.8 Å². The van der Waals surface area contributed by atoms with E-state index < -0.39 is 0 Å². The van der Waals surface area contributed by atoms with Crippen molar-refractivity contribution in [2.75, 3.05) is 12.4 Å². The van der Waals surface area contributed by atoms with Crippen LogP contribution in [0.5, 0.6) is 0 Å². The fraction of sp³-hybridized carbons (Fsp3) is 0.429. The zero-order chi connectivity index (χ0) is 9.68. The maximum Gasteiger partial charge on any atom is 0.249 e. The standard InChI is InChI=1S/C7H11N5O/c1-5(8-2)6(13)11-7-9-3-4-10-12-7/h3-5,8H,1-2H3,(H,9,11,12,13). The Morgan fingerprint density at radius 3 is 2.85 bits per heavy atom. The molecule has 0 fully saturated rings. The number of hydrogen-bond acceptors (Lipinski definition) is 5. The third kappa shape index (κ3) is 2.75. The fourth-order valence-corrected chi connectivity index (χ4v) is 0.654. The lowest BCUT2D eigenvalue weighted by molar-refractivity contribution is -0.117. The predicted molar refractivity (Wildman–Crippen MR) is 47.0 cm³/mol. The van der Waals surface area contributed by atoms with Gasteiger partial charge in [0.25, 0.3) is 0 Å². The van der Waals surface area contributed by atoms with Crippen molar-refractivity contribution in [3.05, 3.63) is 12.4 Å². The summed E-state index contributed by atoms with van der Waals surface area (Å²) in [5.74, 6) is 0.0325. The molecule has 1 heterocycles. The summed E-state index contributed by atoms with van der Waals surface area (Å²) in [4.78, 5) is 15.1. The molecule has 0 aliphatic rings. The molecule has 1 rings (SSSR count). The van der Waals surface area contributed by atoms with E-state index in [1.807, 2.05) is 0 Å². The van der Waals surface area contributed by atoms with Gasteiger partial charge in [0.1, 0.15) is 0 Å². The molecule has 0 aliphatic carbocycles. The van der Waals surface area contributed by atoms with Crippen LogP contribution in [0.1, 0.15) is 6.92 Å². The molecule has 0 spiro atoms. The molecule has 13 heavy (non-hydrogen) atoms. The number of nitrogens with zero attached hydrogens (tertiary/aromatic N) is 3. The van der Waals surface area contributed by atoms with Crippen LogP contribution in [0.25, 0.3) is 0 Å². The van der Waals surface area contributed by atoms with E-state index in [1.54, 1.807) is 14.0 Å². The van der Waals surface area contributed by atoms with Gasteiger partial charge in [0.2, 0.25) is 11.9 Å². The fourth-order valence-electron chi connectivity index (χ4n) is 0.654. The van der Waals surface area contributed by atoms with Crippen molar-refractivity contribution in [3.63, 3.8) is 0 Å². The second kappa shape index (κ2) is 4.46. The molecule has 1 amide bonds. The summed E-state index contributed by atoms with van der Waals surface area (Å²) in [6, 6.07) is -0.274. The molecular formula is C7H11N5O. The van der Waals surface area contributed by atoms with Gasteiger partial charge in [-0.1, -0.05) is 0 Å². The number of carbonyl (C=O) groups excluding carboxylic acids is 1. The van der Waals surface area contributed by atoms with E-state index in [1.165, 1.54) is 12.4 Å². The highest BCUT2D eigenvalue weighted by atomic mass is 16.2. The first-order chi connectivity index (χ1) is 6.24. The molecule has 2 N–H and O–H groups in total. The van der Waals surface area contributed by atoms with Crippen LogP contribution in [0.15, 0.2) is 12.4 Å². The van der Waals surface area contributed by atoms with Crippen LogP contribution in [0.4, 0.5) is 5.95 Å². The van der Waals surface area contributed by atoms with Crippen LogP contribution in [0.2, 0.25) is 0 Å². The minimum atomic E-state index is -0.274. The molecule has 1 aromatic rings. The first-order valence-electron chi connectivity index (χ1n) is 3.86. The third-order valence-electron chi connectivity index (χ3n) is 1.54. The first kappa shape index (κ1) is 9.53. The van der Waals surface area contributed by atoms with Gasteiger partial charge in [-0.15, -0.1) is 5.10 Å². The normalized spacial score (nSPS) is 12.2. The topological polar surface area (TPSA) is 79.8 Å². The Morgan fingerprint density at radius 2 is 2.31 bits per heavy atom. The summed E-state index contributed by atoms with van der Waals surface area (Å²) in [5, 5.41) is 12.5. The van der Waals surface area contributed by atoms with Crippen molar-refractivity contribution in [1.82, 2.24) is 20.5 Å². The molecule has 6 nitrogen and oxygen atoms in total. The van der Waals surface area contributed by atoms with Gasteiger partial charge in [-0.2, -0.15) is 5.10 Å². The van der Waals surface area contributed by atoms with Crippen molar-refractivity contribution in [1.29, 1.82) is 0 Å². The van der Waals surface area contributed by atoms with Gasteiger partial charge in [0.15, 0.2) is 0 Å². The van der Waals surface area contributed by atoms with Crippen LogP contribution >= 0.6 is 0 Å². The molecule has 70 valence electrons. The van der Waals surface area contributed by atoms with E-state index in [0.29, 0.717) is 0 Å². The summed E-state index contributed by atoms with van der Waals surface area (Å²) in [7, 11) is 1.70. The molecule has 0 aromatic carbocycles. The van der Waals surface area contributed by atoms with E-state index in [9.17, 15) is 4.79 Å². The number of aromatic nitrogens is 3. The second-order valence-electron chi connectivity index (χ2n) is 2.47. The Labute approximate surface area is 75.8 Å². The van der Waals surface area contributed by atoms with Gasteiger partial charge in [0.05, 0.1) is 18.4 Å². The van der Waals surface area contributed by atoms with Crippen LogP contribution in [0, 0.1) is 0 Å². The first-order valence-corrected chi connectivity index (χ1v) is 3.86. The summed E-state index contributed by atoms with van der Waals surface area (Å²) in [6.07, 6.45) is 2.91. The van der Waals surface area contributed by atoms with Gasteiger partial charge >= 0.3 is 0 Å². The number of anilines is 1. The SMILES string of the molecule is CNC(C)C(=O)Nc1nccnn1. The molecule has 6 heteroatoms. The highest BCUT2D eigenvalue weighted by molar-refractivity contribution is 5.92. The van der Waals surface area contributed by atoms with E-state index >= 15 is 0 Å². The van der Waals surface area contributed by atoms with Crippen molar-refractivity contribution in [2.24, 2.45) is 0 Å². The van der Waals surface area contributed by atoms with E-state index in [-0.39, 0.29) is 17.9 Å². The Morgan fingerprint density at radius 1 is 1.54 bits per heavy atom. The Balaban J connectivity index is 2.55. The highest BCUT2D eigenvalue weighted by Gasteiger charge is 2.10. The van der Waals surface area contributed by atoms with Crippen LogP contribution in [0.3, 0.4) is 0 Å². The third-order valence-corrected chi connectivity index (χ3v) is 1.54. The number of amides is 1. The van der Waals surface area contributed by atoms with Crippen molar-refractivity contribution >= 4 is 11.9 Å². The smallest absolute Gasteiger partial charge is 0.249 e. The molecule has 0 aliphatic heterocycles. The maximum absolute atomic E-state index is 11.3. The zero-order valence-electron chi connectivity index (χ0n) is 7.48. The number of nitrogens with one attached hydrogen (secondary N) is 2. The molecule has 1 atom stereocenters. The van der Waals surface area contributed by atoms with Crippen LogP contribution < -0.4 is 10.6 Å². The van der Waals surface area contributed by atoms with E-state index in [4.69, 9.17) is 0 Å². The number of carbonyl (C=O) groups is 1. The zero-order valence-corrected chi connectivity index (χ0v) is 7.48. The van der Waals surface area contributed by atoms with Gasteiger partial charge in [-0.3, -0.25) is 10.1 Å². The van der Waals surface area contributed by atoms with Crippen molar-refractivity contribution in [3.8, 4) is 0 Å². The lowest BCUT2D eigenvalue weighted by Gasteiger charge is -2.08. The summed E-state index contributed by atoms with van der Waals surface area (Å²) in [6.45, 7) is 1.74. The quantitative estimate of drug-likeness (QED) is 0.652. The number of likely N-dealkylation sites (N-methyl/N-ethyl adjacent to an activating group) is 1. The van der Waals surface area contributed by atoms with Crippen LogP contribution in [-0.4, -0.2) is 34.2 Å². The average Bonchev–Trinajstić information content (AvgIpc) is 2.18. The lowest BCUT2D eigenvalue weighted by atomic mass is 10.3. The average molecular weight is 181 g/mol. The monoisotopic (exact) mass is 181 g/mol. The molecule has 0 bridgehead atoms. The highest BCUT2D eigenvalue weighted by Crippen LogP contribution is 1.93. The largest absolute Gasteiger partial charge is 0.309 e. The maximum atomic E-state index is 11.3. The molecular weight excluding hydrogens is 170 g/mol. The Kier molecular flexibility index (Phi) is 3.27. The van der Waals surface area contributed by atoms with Crippen molar-refractivity contribution < 1.29 is 4.79 Å². The minimum Gasteiger partial charge on any atom is -0.309 e. The van der Waals surface area contributed by atoms with Crippen molar-refractivity contribution in [2.45, 2.75) is 13.0 Å².